The Hall–Kier alpha value is -1.31. The number of carbonyl (C=O) groups is 1. The van der Waals surface area contributed by atoms with E-state index in [1.807, 2.05) is 6.07 Å². The molecule has 0 heterocycles. The molecule has 15 heavy (non-hydrogen) atoms. The highest BCUT2D eigenvalue weighted by Gasteiger charge is 2.06. The molecule has 1 aromatic rings. The zero-order valence-corrected chi connectivity index (χ0v) is 9.62. The second-order valence-electron chi connectivity index (χ2n) is 3.93. The fraction of sp³-hybridized carbons (Fsp3) is 0.462. The van der Waals surface area contributed by atoms with Gasteiger partial charge in [-0.05, 0) is 29.5 Å². The summed E-state index contributed by atoms with van der Waals surface area (Å²) in [4.78, 5) is 10.4. The highest BCUT2D eigenvalue weighted by Crippen LogP contribution is 2.24. The van der Waals surface area contributed by atoms with Crippen LogP contribution in [0, 0.1) is 0 Å². The Morgan fingerprint density at radius 2 is 2.13 bits per heavy atom. The van der Waals surface area contributed by atoms with Crippen LogP contribution in [0.25, 0.3) is 0 Å². The number of methoxy groups -OCH3 is 1. The van der Waals surface area contributed by atoms with Crippen LogP contribution in [-0.4, -0.2) is 13.4 Å². The van der Waals surface area contributed by atoms with Crippen molar-refractivity contribution in [3.63, 3.8) is 0 Å². The number of rotatable bonds is 5. The van der Waals surface area contributed by atoms with E-state index >= 15 is 0 Å². The molecule has 0 atom stereocenters. The molecule has 0 aliphatic heterocycles. The molecule has 0 aliphatic carbocycles. The first-order chi connectivity index (χ1) is 7.19. The third-order valence-electron chi connectivity index (χ3n) is 2.50. The average Bonchev–Trinajstić information content (AvgIpc) is 2.25. The lowest BCUT2D eigenvalue weighted by atomic mass is 9.98. The first kappa shape index (κ1) is 11.8. The largest absolute Gasteiger partial charge is 0.496 e. The van der Waals surface area contributed by atoms with Crippen molar-refractivity contribution in [2.75, 3.05) is 7.11 Å². The molecule has 0 bridgehead atoms. The third-order valence-corrected chi connectivity index (χ3v) is 2.50. The Balaban J connectivity index is 2.96. The van der Waals surface area contributed by atoms with Gasteiger partial charge in [-0.1, -0.05) is 26.0 Å². The van der Waals surface area contributed by atoms with E-state index in [9.17, 15) is 4.79 Å². The van der Waals surface area contributed by atoms with Gasteiger partial charge in [0, 0.05) is 6.42 Å². The van der Waals surface area contributed by atoms with Crippen LogP contribution in [0.4, 0.5) is 0 Å². The van der Waals surface area contributed by atoms with Gasteiger partial charge in [0.15, 0.2) is 0 Å². The molecule has 0 amide bonds. The minimum Gasteiger partial charge on any atom is -0.496 e. The van der Waals surface area contributed by atoms with E-state index in [2.05, 4.69) is 26.0 Å². The summed E-state index contributed by atoms with van der Waals surface area (Å²) in [7, 11) is 1.66. The summed E-state index contributed by atoms with van der Waals surface area (Å²) < 4.78 is 5.26. The minimum absolute atomic E-state index is 0.505. The van der Waals surface area contributed by atoms with Crippen molar-refractivity contribution in [2.24, 2.45) is 0 Å². The van der Waals surface area contributed by atoms with Crippen LogP contribution in [0.5, 0.6) is 5.75 Å². The molecule has 0 N–H and O–H groups in total. The number of aryl methyl sites for hydroxylation is 1. The maximum absolute atomic E-state index is 10.4. The van der Waals surface area contributed by atoms with Crippen LogP contribution >= 0.6 is 0 Å². The molecular formula is C13H18O2. The summed E-state index contributed by atoms with van der Waals surface area (Å²) in [6.07, 6.45) is 2.26. The Morgan fingerprint density at radius 3 is 2.67 bits per heavy atom. The number of hydrogen-bond acceptors (Lipinski definition) is 2. The monoisotopic (exact) mass is 206 g/mol. The molecule has 0 spiro atoms. The Bertz CT molecular complexity index is 329. The molecule has 0 aromatic heterocycles. The van der Waals surface area contributed by atoms with Crippen LogP contribution in [0.1, 0.15) is 37.3 Å². The molecule has 2 heteroatoms. The fourth-order valence-electron chi connectivity index (χ4n) is 1.57. The normalized spacial score (nSPS) is 10.4. The molecule has 0 aliphatic rings. The summed E-state index contributed by atoms with van der Waals surface area (Å²) in [5, 5.41) is 0. The van der Waals surface area contributed by atoms with Crippen molar-refractivity contribution >= 4 is 6.29 Å². The lowest BCUT2D eigenvalue weighted by Crippen LogP contribution is -1.96. The van der Waals surface area contributed by atoms with Gasteiger partial charge in [0.2, 0.25) is 0 Å². The maximum atomic E-state index is 10.4. The molecule has 1 aromatic carbocycles. The zero-order chi connectivity index (χ0) is 11.3. The lowest BCUT2D eigenvalue weighted by molar-refractivity contribution is -0.107. The maximum Gasteiger partial charge on any atom is 0.122 e. The Labute approximate surface area is 91.3 Å². The van der Waals surface area contributed by atoms with Crippen molar-refractivity contribution in [1.82, 2.24) is 0 Å². The van der Waals surface area contributed by atoms with E-state index in [1.165, 1.54) is 5.56 Å². The Morgan fingerprint density at radius 1 is 1.40 bits per heavy atom. The van der Waals surface area contributed by atoms with E-state index in [0.717, 1.165) is 24.0 Å². The fourth-order valence-corrected chi connectivity index (χ4v) is 1.57. The standard InChI is InChI=1S/C13H18O2/c1-10(2)11-6-7-13(15-3)12(9-11)5-4-8-14/h6-10H,4-5H2,1-3H3. The minimum atomic E-state index is 0.505. The predicted molar refractivity (Wildman–Crippen MR) is 61.5 cm³/mol. The van der Waals surface area contributed by atoms with Gasteiger partial charge in [-0.2, -0.15) is 0 Å². The molecular weight excluding hydrogens is 188 g/mol. The van der Waals surface area contributed by atoms with Gasteiger partial charge < -0.3 is 9.53 Å². The van der Waals surface area contributed by atoms with Crippen molar-refractivity contribution in [2.45, 2.75) is 32.6 Å². The van der Waals surface area contributed by atoms with Crippen LogP contribution in [0.3, 0.4) is 0 Å². The molecule has 0 fully saturated rings. The van der Waals surface area contributed by atoms with Gasteiger partial charge in [0.25, 0.3) is 0 Å². The third kappa shape index (κ3) is 3.08. The number of benzene rings is 1. The van der Waals surface area contributed by atoms with E-state index in [-0.39, 0.29) is 0 Å². The van der Waals surface area contributed by atoms with Gasteiger partial charge >= 0.3 is 0 Å². The summed E-state index contributed by atoms with van der Waals surface area (Å²) in [5.41, 5.74) is 2.41. The topological polar surface area (TPSA) is 26.3 Å². The van der Waals surface area contributed by atoms with Gasteiger partial charge in [-0.25, -0.2) is 0 Å². The number of ether oxygens (including phenoxy) is 1. The second kappa shape index (κ2) is 5.54. The first-order valence-corrected chi connectivity index (χ1v) is 5.29. The number of hydrogen-bond donors (Lipinski definition) is 0. The molecule has 1 rings (SSSR count). The van der Waals surface area contributed by atoms with Crippen molar-refractivity contribution in [3.8, 4) is 5.75 Å². The highest BCUT2D eigenvalue weighted by molar-refractivity contribution is 5.51. The average molecular weight is 206 g/mol. The first-order valence-electron chi connectivity index (χ1n) is 5.29. The van der Waals surface area contributed by atoms with E-state index < -0.39 is 0 Å². The number of carbonyl (C=O) groups excluding carboxylic acids is 1. The van der Waals surface area contributed by atoms with Crippen LogP contribution in [-0.2, 0) is 11.2 Å². The summed E-state index contributed by atoms with van der Waals surface area (Å²) >= 11 is 0. The van der Waals surface area contributed by atoms with Crippen LogP contribution in [0.15, 0.2) is 18.2 Å². The summed E-state index contributed by atoms with van der Waals surface area (Å²) in [6.45, 7) is 4.32. The number of aldehydes is 1. The zero-order valence-electron chi connectivity index (χ0n) is 9.62. The molecule has 82 valence electrons. The second-order valence-corrected chi connectivity index (χ2v) is 3.93. The van der Waals surface area contributed by atoms with Gasteiger partial charge in [0.1, 0.15) is 12.0 Å². The lowest BCUT2D eigenvalue weighted by Gasteiger charge is -2.11. The van der Waals surface area contributed by atoms with Crippen molar-refractivity contribution in [3.05, 3.63) is 29.3 Å². The summed E-state index contributed by atoms with van der Waals surface area (Å²) in [6, 6.07) is 6.19. The van der Waals surface area contributed by atoms with Gasteiger partial charge in [0.05, 0.1) is 7.11 Å². The van der Waals surface area contributed by atoms with Crippen molar-refractivity contribution in [1.29, 1.82) is 0 Å². The predicted octanol–water partition coefficient (Wildman–Crippen LogP) is 2.95. The molecule has 0 saturated carbocycles. The smallest absolute Gasteiger partial charge is 0.122 e. The van der Waals surface area contributed by atoms with E-state index in [1.54, 1.807) is 7.11 Å². The van der Waals surface area contributed by atoms with Crippen LogP contribution < -0.4 is 4.74 Å². The molecule has 0 unspecified atom stereocenters. The quantitative estimate of drug-likeness (QED) is 0.692. The molecule has 2 nitrogen and oxygen atoms in total. The van der Waals surface area contributed by atoms with Gasteiger partial charge in [-0.15, -0.1) is 0 Å². The molecule has 0 radical (unpaired) electrons. The van der Waals surface area contributed by atoms with E-state index in [0.29, 0.717) is 12.3 Å². The highest BCUT2D eigenvalue weighted by atomic mass is 16.5. The summed E-state index contributed by atoms with van der Waals surface area (Å²) in [5.74, 6) is 1.38. The van der Waals surface area contributed by atoms with Gasteiger partial charge in [-0.3, -0.25) is 0 Å². The molecule has 0 saturated heterocycles. The Kier molecular flexibility index (Phi) is 4.35. The van der Waals surface area contributed by atoms with Crippen molar-refractivity contribution < 1.29 is 9.53 Å². The SMILES string of the molecule is COc1ccc(C(C)C)cc1CCC=O. The van der Waals surface area contributed by atoms with E-state index in [4.69, 9.17) is 4.74 Å². The van der Waals surface area contributed by atoms with Crippen LogP contribution in [0.2, 0.25) is 0 Å².